The van der Waals surface area contributed by atoms with Gasteiger partial charge in [0.15, 0.2) is 0 Å². The van der Waals surface area contributed by atoms with Crippen LogP contribution in [-0.2, 0) is 19.1 Å². The molecule has 6 heteroatoms. The van der Waals surface area contributed by atoms with Crippen LogP contribution in [0.5, 0.6) is 0 Å². The van der Waals surface area contributed by atoms with Crippen LogP contribution in [0, 0.1) is 5.41 Å². The summed E-state index contributed by atoms with van der Waals surface area (Å²) in [6, 6.07) is 0. The van der Waals surface area contributed by atoms with E-state index in [2.05, 4.69) is 0 Å². The first kappa shape index (κ1) is 16.2. The van der Waals surface area contributed by atoms with Gasteiger partial charge >= 0.3 is 0 Å². The van der Waals surface area contributed by atoms with Crippen LogP contribution in [0.1, 0.15) is 25.7 Å². The summed E-state index contributed by atoms with van der Waals surface area (Å²) in [5.41, 5.74) is 0.0386. The molecule has 1 aliphatic carbocycles. The lowest BCUT2D eigenvalue weighted by molar-refractivity contribution is -0.140. The van der Waals surface area contributed by atoms with Crippen LogP contribution in [0.4, 0.5) is 0 Å². The van der Waals surface area contributed by atoms with Crippen LogP contribution in [0.15, 0.2) is 0 Å². The molecule has 0 atom stereocenters. The topological polar surface area (TPSA) is 59.1 Å². The van der Waals surface area contributed by atoms with Gasteiger partial charge in [0, 0.05) is 45.7 Å². The maximum Gasteiger partial charge on any atom is 0.242 e. The molecule has 1 aliphatic heterocycles. The molecule has 0 aromatic carbocycles. The number of nitrogens with zero attached hydrogens (tertiary/aromatic N) is 2. The summed E-state index contributed by atoms with van der Waals surface area (Å²) < 4.78 is 10.2. The van der Waals surface area contributed by atoms with Crippen molar-refractivity contribution in [2.75, 3.05) is 53.6 Å². The number of ether oxygens (including phenoxy) is 2. The number of carbonyl (C=O) groups is 2. The Morgan fingerprint density at radius 3 is 2.62 bits per heavy atom. The number of carbonyl (C=O) groups excluding carboxylic acids is 2. The maximum atomic E-state index is 12.4. The Kier molecular flexibility index (Phi) is 5.58. The Bertz CT molecular complexity index is 382. The van der Waals surface area contributed by atoms with Crippen molar-refractivity contribution in [3.05, 3.63) is 0 Å². The maximum absolute atomic E-state index is 12.4. The normalized spacial score (nSPS) is 21.3. The summed E-state index contributed by atoms with van der Waals surface area (Å²) in [6.45, 7) is 3.35. The van der Waals surface area contributed by atoms with Crippen LogP contribution < -0.4 is 0 Å². The van der Waals surface area contributed by atoms with Crippen molar-refractivity contribution in [1.29, 1.82) is 0 Å². The molecular weight excluding hydrogens is 272 g/mol. The van der Waals surface area contributed by atoms with E-state index in [1.807, 2.05) is 0 Å². The van der Waals surface area contributed by atoms with Crippen LogP contribution >= 0.6 is 0 Å². The standard InChI is InChI=1S/C15H26N2O4/c1-20-9-8-16-6-3-7-17(11-14(16)19)13(18)10-15(4-5-15)12-21-2/h3-12H2,1-2H3. The molecule has 2 amide bonds. The van der Waals surface area contributed by atoms with E-state index in [4.69, 9.17) is 9.47 Å². The third-order valence-electron chi connectivity index (χ3n) is 4.39. The fourth-order valence-electron chi connectivity index (χ4n) is 2.86. The van der Waals surface area contributed by atoms with Crippen molar-refractivity contribution in [3.63, 3.8) is 0 Å². The number of hydrogen-bond donors (Lipinski definition) is 0. The zero-order valence-electron chi connectivity index (χ0n) is 13.1. The number of amides is 2. The van der Waals surface area contributed by atoms with Gasteiger partial charge in [0.25, 0.3) is 0 Å². The monoisotopic (exact) mass is 298 g/mol. The van der Waals surface area contributed by atoms with E-state index in [0.717, 1.165) is 19.3 Å². The van der Waals surface area contributed by atoms with Crippen molar-refractivity contribution >= 4 is 11.8 Å². The highest BCUT2D eigenvalue weighted by Gasteiger charge is 2.45. The molecule has 1 heterocycles. The molecule has 2 fully saturated rings. The molecule has 0 radical (unpaired) electrons. The van der Waals surface area contributed by atoms with Gasteiger partial charge in [-0.05, 0) is 19.3 Å². The first-order valence-corrected chi connectivity index (χ1v) is 7.64. The quantitative estimate of drug-likeness (QED) is 0.687. The van der Waals surface area contributed by atoms with Gasteiger partial charge in [0.1, 0.15) is 0 Å². The Balaban J connectivity index is 1.86. The molecule has 0 spiro atoms. The minimum Gasteiger partial charge on any atom is -0.384 e. The van der Waals surface area contributed by atoms with Crippen molar-refractivity contribution in [1.82, 2.24) is 9.80 Å². The van der Waals surface area contributed by atoms with Crippen LogP contribution in [0.3, 0.4) is 0 Å². The van der Waals surface area contributed by atoms with Crippen LogP contribution in [0.2, 0.25) is 0 Å². The van der Waals surface area contributed by atoms with Gasteiger partial charge in [0.2, 0.25) is 11.8 Å². The predicted octanol–water partition coefficient (Wildman–Crippen LogP) is 0.510. The van der Waals surface area contributed by atoms with E-state index in [9.17, 15) is 9.59 Å². The minimum absolute atomic E-state index is 0.0227. The van der Waals surface area contributed by atoms with E-state index in [1.165, 1.54) is 0 Å². The van der Waals surface area contributed by atoms with E-state index in [-0.39, 0.29) is 23.8 Å². The number of methoxy groups -OCH3 is 2. The lowest BCUT2D eigenvalue weighted by Crippen LogP contribution is -2.41. The average Bonchev–Trinajstić information content (AvgIpc) is 3.22. The molecule has 6 nitrogen and oxygen atoms in total. The lowest BCUT2D eigenvalue weighted by atomic mass is 10.0. The molecule has 21 heavy (non-hydrogen) atoms. The molecule has 0 bridgehead atoms. The summed E-state index contributed by atoms with van der Waals surface area (Å²) in [4.78, 5) is 28.1. The number of hydrogen-bond acceptors (Lipinski definition) is 4. The Labute approximate surface area is 126 Å². The largest absolute Gasteiger partial charge is 0.384 e. The van der Waals surface area contributed by atoms with Gasteiger partial charge in [-0.25, -0.2) is 0 Å². The van der Waals surface area contributed by atoms with Crippen molar-refractivity contribution < 1.29 is 19.1 Å². The summed E-state index contributed by atoms with van der Waals surface area (Å²) in [5.74, 6) is 0.112. The van der Waals surface area contributed by atoms with E-state index < -0.39 is 0 Å². The molecule has 2 rings (SSSR count). The SMILES string of the molecule is COCCN1CCCN(C(=O)CC2(COC)CC2)CC1=O. The predicted molar refractivity (Wildman–Crippen MR) is 77.8 cm³/mol. The zero-order valence-corrected chi connectivity index (χ0v) is 13.1. The molecule has 0 N–H and O–H groups in total. The first-order valence-electron chi connectivity index (χ1n) is 7.64. The summed E-state index contributed by atoms with van der Waals surface area (Å²) in [5, 5.41) is 0. The zero-order chi connectivity index (χ0) is 15.3. The minimum atomic E-state index is 0.0227. The van der Waals surface area contributed by atoms with Crippen LogP contribution in [0.25, 0.3) is 0 Å². The van der Waals surface area contributed by atoms with Gasteiger partial charge in [-0.2, -0.15) is 0 Å². The number of rotatable bonds is 7. The molecule has 0 unspecified atom stereocenters. The fraction of sp³-hybridized carbons (Fsp3) is 0.867. The highest BCUT2D eigenvalue weighted by atomic mass is 16.5. The third kappa shape index (κ3) is 4.41. The average molecular weight is 298 g/mol. The van der Waals surface area contributed by atoms with Gasteiger partial charge in [-0.15, -0.1) is 0 Å². The Morgan fingerprint density at radius 1 is 1.24 bits per heavy atom. The second-order valence-corrected chi connectivity index (χ2v) is 6.15. The second-order valence-electron chi connectivity index (χ2n) is 6.15. The molecule has 120 valence electrons. The van der Waals surface area contributed by atoms with Gasteiger partial charge in [-0.3, -0.25) is 9.59 Å². The van der Waals surface area contributed by atoms with Crippen molar-refractivity contribution in [2.45, 2.75) is 25.7 Å². The third-order valence-corrected chi connectivity index (χ3v) is 4.39. The van der Waals surface area contributed by atoms with Crippen molar-refractivity contribution in [3.8, 4) is 0 Å². The fourth-order valence-corrected chi connectivity index (χ4v) is 2.86. The van der Waals surface area contributed by atoms with Gasteiger partial charge < -0.3 is 19.3 Å². The first-order chi connectivity index (χ1) is 10.1. The lowest BCUT2D eigenvalue weighted by Gasteiger charge is -2.23. The van der Waals surface area contributed by atoms with Gasteiger partial charge in [0.05, 0.1) is 19.8 Å². The van der Waals surface area contributed by atoms with Crippen LogP contribution in [-0.4, -0.2) is 75.2 Å². The second kappa shape index (κ2) is 7.22. The Morgan fingerprint density at radius 2 is 2.00 bits per heavy atom. The van der Waals surface area contributed by atoms with E-state index in [0.29, 0.717) is 39.3 Å². The summed E-state index contributed by atoms with van der Waals surface area (Å²) in [6.07, 6.45) is 3.44. The van der Waals surface area contributed by atoms with E-state index in [1.54, 1.807) is 24.0 Å². The van der Waals surface area contributed by atoms with E-state index >= 15 is 0 Å². The molecular formula is C15H26N2O4. The highest BCUT2D eigenvalue weighted by Crippen LogP contribution is 2.49. The summed E-state index contributed by atoms with van der Waals surface area (Å²) in [7, 11) is 3.30. The smallest absolute Gasteiger partial charge is 0.242 e. The van der Waals surface area contributed by atoms with Gasteiger partial charge in [-0.1, -0.05) is 0 Å². The van der Waals surface area contributed by atoms with Crippen molar-refractivity contribution in [2.24, 2.45) is 5.41 Å². The molecule has 1 saturated heterocycles. The highest BCUT2D eigenvalue weighted by molar-refractivity contribution is 5.85. The molecule has 1 saturated carbocycles. The molecule has 0 aromatic heterocycles. The molecule has 0 aromatic rings. The Hall–Kier alpha value is -1.14. The molecule has 2 aliphatic rings. The summed E-state index contributed by atoms with van der Waals surface area (Å²) >= 11 is 0.